The Hall–Kier alpha value is -3.80. The molecule has 0 aliphatic rings. The van der Waals surface area contributed by atoms with Gasteiger partial charge in [-0.2, -0.15) is 0 Å². The minimum absolute atomic E-state index is 0.0658. The van der Waals surface area contributed by atoms with Crippen LogP contribution in [-0.2, 0) is 0 Å². The summed E-state index contributed by atoms with van der Waals surface area (Å²) in [7, 11) is 0. The molecular weight excluding hydrogens is 404 g/mol. The Bertz CT molecular complexity index is 956. The third-order valence-corrected chi connectivity index (χ3v) is 3.94. The molecule has 0 radical (unpaired) electrons. The van der Waals surface area contributed by atoms with Crippen molar-refractivity contribution in [1.29, 1.82) is 0 Å². The Kier molecular flexibility index (Phi) is 9.78. The Labute approximate surface area is 189 Å². The number of hydrogen-bond acceptors (Lipinski definition) is 4. The minimum Gasteiger partial charge on any atom is -0.410 e. The van der Waals surface area contributed by atoms with Crippen LogP contribution in [0.15, 0.2) is 84.9 Å². The molecule has 0 atom stereocenters. The number of amides is 2. The van der Waals surface area contributed by atoms with Crippen LogP contribution in [0.5, 0.6) is 11.5 Å². The summed E-state index contributed by atoms with van der Waals surface area (Å²) in [5.74, 6) is 1.10. The van der Waals surface area contributed by atoms with Crippen LogP contribution in [0.1, 0.15) is 27.7 Å². The van der Waals surface area contributed by atoms with E-state index in [9.17, 15) is 9.59 Å². The van der Waals surface area contributed by atoms with Crippen molar-refractivity contribution >= 4 is 12.2 Å². The van der Waals surface area contributed by atoms with Crippen molar-refractivity contribution in [3.8, 4) is 22.6 Å². The van der Waals surface area contributed by atoms with Gasteiger partial charge in [0.05, 0.1) is 0 Å². The Morgan fingerprint density at radius 3 is 1.38 bits per heavy atom. The van der Waals surface area contributed by atoms with Crippen molar-refractivity contribution in [1.82, 2.24) is 10.6 Å². The van der Waals surface area contributed by atoms with Crippen LogP contribution in [0.25, 0.3) is 11.1 Å². The van der Waals surface area contributed by atoms with Gasteiger partial charge in [0, 0.05) is 12.1 Å². The summed E-state index contributed by atoms with van der Waals surface area (Å²) in [6.45, 7) is 7.54. The van der Waals surface area contributed by atoms with E-state index in [1.54, 1.807) is 24.3 Å². The van der Waals surface area contributed by atoms with Gasteiger partial charge in [-0.25, -0.2) is 9.59 Å². The number of benzene rings is 3. The quantitative estimate of drug-likeness (QED) is 0.514. The first-order chi connectivity index (χ1) is 15.3. The lowest BCUT2D eigenvalue weighted by Gasteiger charge is -2.09. The maximum Gasteiger partial charge on any atom is 0.412 e. The Morgan fingerprint density at radius 1 is 0.562 bits per heavy atom. The molecule has 3 aromatic carbocycles. The predicted molar refractivity (Wildman–Crippen MR) is 127 cm³/mol. The molecule has 6 heteroatoms. The van der Waals surface area contributed by atoms with Gasteiger partial charge in [0.2, 0.25) is 0 Å². The van der Waals surface area contributed by atoms with Gasteiger partial charge >= 0.3 is 12.2 Å². The highest BCUT2D eigenvalue weighted by Crippen LogP contribution is 2.22. The number of carbonyl (C=O) groups excluding carboxylic acids is 2. The van der Waals surface area contributed by atoms with Crippen LogP contribution in [0.3, 0.4) is 0 Å². The lowest BCUT2D eigenvalue weighted by atomic mass is 10.1. The monoisotopic (exact) mass is 434 g/mol. The van der Waals surface area contributed by atoms with Crippen molar-refractivity contribution in [2.45, 2.75) is 39.8 Å². The summed E-state index contributed by atoms with van der Waals surface area (Å²) < 4.78 is 10.1. The molecule has 2 amide bonds. The van der Waals surface area contributed by atoms with Crippen molar-refractivity contribution in [3.05, 3.63) is 84.9 Å². The molecule has 0 aliphatic heterocycles. The molecule has 0 aromatic heterocycles. The number of nitrogens with one attached hydrogen (secondary N) is 2. The molecule has 0 saturated heterocycles. The smallest absolute Gasteiger partial charge is 0.410 e. The highest BCUT2D eigenvalue weighted by molar-refractivity contribution is 5.71. The van der Waals surface area contributed by atoms with Crippen molar-refractivity contribution in [3.63, 3.8) is 0 Å². The number of para-hydroxylation sites is 1. The fourth-order valence-corrected chi connectivity index (χ4v) is 2.58. The van der Waals surface area contributed by atoms with Crippen molar-refractivity contribution in [2.75, 3.05) is 0 Å². The molecule has 0 saturated carbocycles. The Morgan fingerprint density at radius 2 is 0.938 bits per heavy atom. The third-order valence-electron chi connectivity index (χ3n) is 3.94. The van der Waals surface area contributed by atoms with Gasteiger partial charge in [0.15, 0.2) is 0 Å². The molecule has 3 aromatic rings. The number of ether oxygens (including phenoxy) is 2. The van der Waals surface area contributed by atoms with Crippen LogP contribution in [-0.4, -0.2) is 24.3 Å². The van der Waals surface area contributed by atoms with Gasteiger partial charge in [0.1, 0.15) is 11.5 Å². The van der Waals surface area contributed by atoms with E-state index >= 15 is 0 Å². The van der Waals surface area contributed by atoms with Gasteiger partial charge < -0.3 is 20.1 Å². The van der Waals surface area contributed by atoms with Gasteiger partial charge in [-0.15, -0.1) is 0 Å². The SMILES string of the molecule is CC(C)NC(=O)Oc1ccc(-c2ccccc2)cc1.CC(C)NC(=O)Oc1ccccc1. The number of carbonyl (C=O) groups is 2. The summed E-state index contributed by atoms with van der Waals surface area (Å²) in [5, 5.41) is 5.31. The fourth-order valence-electron chi connectivity index (χ4n) is 2.58. The third kappa shape index (κ3) is 9.34. The average Bonchev–Trinajstić information content (AvgIpc) is 2.75. The van der Waals surface area contributed by atoms with Gasteiger partial charge in [-0.1, -0.05) is 60.7 Å². The number of rotatable bonds is 5. The second kappa shape index (κ2) is 12.8. The molecule has 6 nitrogen and oxygen atoms in total. The summed E-state index contributed by atoms with van der Waals surface area (Å²) in [6, 6.07) is 26.7. The second-order valence-corrected chi connectivity index (χ2v) is 7.58. The van der Waals surface area contributed by atoms with E-state index in [0.717, 1.165) is 11.1 Å². The highest BCUT2D eigenvalue weighted by Gasteiger charge is 2.06. The molecule has 168 valence electrons. The fraction of sp³-hybridized carbons (Fsp3) is 0.231. The summed E-state index contributed by atoms with van der Waals surface area (Å²) in [4.78, 5) is 22.5. The molecule has 32 heavy (non-hydrogen) atoms. The highest BCUT2D eigenvalue weighted by atomic mass is 16.6. The molecule has 0 bridgehead atoms. The minimum atomic E-state index is -0.428. The molecular formula is C26H30N2O4. The van der Waals surface area contributed by atoms with Crippen LogP contribution in [0, 0.1) is 0 Å². The maximum absolute atomic E-state index is 11.4. The molecule has 0 fully saturated rings. The molecule has 0 unspecified atom stereocenters. The predicted octanol–water partition coefficient (Wildman–Crippen LogP) is 6.03. The Balaban J connectivity index is 0.000000244. The first-order valence-electron chi connectivity index (χ1n) is 10.5. The summed E-state index contributed by atoms with van der Waals surface area (Å²) in [6.07, 6.45) is -0.844. The van der Waals surface area contributed by atoms with E-state index in [0.29, 0.717) is 11.5 Å². The van der Waals surface area contributed by atoms with Gasteiger partial charge in [-0.3, -0.25) is 0 Å². The van der Waals surface area contributed by atoms with Crippen molar-refractivity contribution < 1.29 is 19.1 Å². The molecule has 0 spiro atoms. The lowest BCUT2D eigenvalue weighted by molar-refractivity contribution is 0.196. The molecule has 0 heterocycles. The second-order valence-electron chi connectivity index (χ2n) is 7.58. The first kappa shape index (κ1) is 24.5. The topological polar surface area (TPSA) is 76.7 Å². The normalized spacial score (nSPS) is 10.1. The zero-order valence-corrected chi connectivity index (χ0v) is 18.9. The maximum atomic E-state index is 11.4. The van der Waals surface area contributed by atoms with E-state index in [2.05, 4.69) is 10.6 Å². The molecule has 3 rings (SSSR count). The van der Waals surface area contributed by atoms with Crippen molar-refractivity contribution in [2.24, 2.45) is 0 Å². The van der Waals surface area contributed by atoms with Gasteiger partial charge in [-0.05, 0) is 63.1 Å². The van der Waals surface area contributed by atoms with E-state index < -0.39 is 12.2 Å². The summed E-state index contributed by atoms with van der Waals surface area (Å²) >= 11 is 0. The molecule has 0 aliphatic carbocycles. The zero-order valence-electron chi connectivity index (χ0n) is 18.9. The van der Waals surface area contributed by atoms with Crippen LogP contribution in [0.2, 0.25) is 0 Å². The van der Waals surface area contributed by atoms with E-state index in [4.69, 9.17) is 9.47 Å². The largest absolute Gasteiger partial charge is 0.412 e. The summed E-state index contributed by atoms with van der Waals surface area (Å²) in [5.41, 5.74) is 2.23. The van der Waals surface area contributed by atoms with E-state index in [-0.39, 0.29) is 12.1 Å². The standard InChI is InChI=1S/C16H17NO2.C10H13NO2/c1-12(2)17-16(18)19-15-10-8-14(9-11-15)13-6-4-3-5-7-13;1-8(2)11-10(12)13-9-6-4-3-5-7-9/h3-12H,1-2H3,(H,17,18);3-8H,1-2H3,(H,11,12). The lowest BCUT2D eigenvalue weighted by Crippen LogP contribution is -2.32. The first-order valence-corrected chi connectivity index (χ1v) is 10.5. The molecule has 2 N–H and O–H groups in total. The number of hydrogen-bond donors (Lipinski definition) is 2. The van der Waals surface area contributed by atoms with Gasteiger partial charge in [0.25, 0.3) is 0 Å². The van der Waals surface area contributed by atoms with E-state index in [1.807, 2.05) is 88.4 Å². The van der Waals surface area contributed by atoms with Crippen LogP contribution < -0.4 is 20.1 Å². The van der Waals surface area contributed by atoms with Crippen LogP contribution >= 0.6 is 0 Å². The zero-order chi connectivity index (χ0) is 23.3. The van der Waals surface area contributed by atoms with E-state index in [1.165, 1.54) is 0 Å². The van der Waals surface area contributed by atoms with Crippen LogP contribution in [0.4, 0.5) is 9.59 Å². The average molecular weight is 435 g/mol.